The lowest BCUT2D eigenvalue weighted by Crippen LogP contribution is -2.58. The maximum atomic E-state index is 13.2. The Bertz CT molecular complexity index is 946. The largest absolute Gasteiger partial charge is 0.465 e. The van der Waals surface area contributed by atoms with Gasteiger partial charge < -0.3 is 10.1 Å². The standard InChI is InChI=1S/C22H19N3O3/c1-2-28-21(27)22(14-24)18(15-9-5-3-6-10-15)17(13-23)20(26)25-19(22)16-11-7-4-8-12-16/h3-12,17-19H,2H2,1H3,(H,25,26)/t17-,18-,19-,22+/m1/s1. The molecule has 6 heteroatoms. The van der Waals surface area contributed by atoms with Crippen LogP contribution in [-0.4, -0.2) is 18.5 Å². The van der Waals surface area contributed by atoms with Crippen LogP contribution in [0, 0.1) is 34.0 Å². The highest BCUT2D eigenvalue weighted by Crippen LogP contribution is 2.52. The molecule has 0 aliphatic carbocycles. The molecule has 0 bridgehead atoms. The zero-order valence-electron chi connectivity index (χ0n) is 15.3. The van der Waals surface area contributed by atoms with E-state index < -0.39 is 35.2 Å². The Kier molecular flexibility index (Phi) is 5.42. The summed E-state index contributed by atoms with van der Waals surface area (Å²) in [5.41, 5.74) is -0.616. The van der Waals surface area contributed by atoms with Gasteiger partial charge in [-0.15, -0.1) is 0 Å². The van der Waals surface area contributed by atoms with Gasteiger partial charge in [0.15, 0.2) is 5.41 Å². The summed E-state index contributed by atoms with van der Waals surface area (Å²) in [6.07, 6.45) is 0. The van der Waals surface area contributed by atoms with Crippen LogP contribution in [0.25, 0.3) is 0 Å². The number of nitrogens with one attached hydrogen (secondary N) is 1. The molecule has 2 aromatic rings. The van der Waals surface area contributed by atoms with E-state index in [-0.39, 0.29) is 6.61 Å². The fourth-order valence-electron chi connectivity index (χ4n) is 3.86. The molecule has 1 saturated heterocycles. The second-order valence-electron chi connectivity index (χ2n) is 6.55. The van der Waals surface area contributed by atoms with Crippen LogP contribution < -0.4 is 5.32 Å². The highest BCUT2D eigenvalue weighted by molar-refractivity contribution is 5.92. The first kappa shape index (κ1) is 19.1. The molecule has 1 aliphatic rings. The zero-order valence-corrected chi connectivity index (χ0v) is 15.3. The summed E-state index contributed by atoms with van der Waals surface area (Å²) in [4.78, 5) is 26.0. The molecule has 4 atom stereocenters. The number of rotatable bonds is 4. The SMILES string of the molecule is CCOC(=O)[C@]1(C#N)[C@@H](c2ccccc2)NC(=O)[C@H](C#N)[C@H]1c1ccccc1. The second-order valence-corrected chi connectivity index (χ2v) is 6.55. The number of hydrogen-bond acceptors (Lipinski definition) is 5. The van der Waals surface area contributed by atoms with Crippen LogP contribution in [0.5, 0.6) is 0 Å². The van der Waals surface area contributed by atoms with E-state index in [1.165, 1.54) is 0 Å². The van der Waals surface area contributed by atoms with Crippen LogP contribution in [0.3, 0.4) is 0 Å². The summed E-state index contributed by atoms with van der Waals surface area (Å²) in [5, 5.41) is 22.7. The molecule has 140 valence electrons. The number of piperidine rings is 1. The van der Waals surface area contributed by atoms with Gasteiger partial charge in [-0.1, -0.05) is 60.7 Å². The molecular weight excluding hydrogens is 354 g/mol. The van der Waals surface area contributed by atoms with E-state index in [4.69, 9.17) is 4.74 Å². The van der Waals surface area contributed by atoms with E-state index in [1.54, 1.807) is 67.6 Å². The molecule has 0 unspecified atom stereocenters. The van der Waals surface area contributed by atoms with E-state index in [9.17, 15) is 20.1 Å². The van der Waals surface area contributed by atoms with Crippen LogP contribution in [0.2, 0.25) is 0 Å². The average Bonchev–Trinajstić information content (AvgIpc) is 2.74. The van der Waals surface area contributed by atoms with Gasteiger partial charge in [0.05, 0.1) is 24.8 Å². The van der Waals surface area contributed by atoms with E-state index in [2.05, 4.69) is 11.4 Å². The Morgan fingerprint density at radius 1 is 1.07 bits per heavy atom. The molecular formula is C22H19N3O3. The highest BCUT2D eigenvalue weighted by Gasteiger charge is 2.62. The number of hydrogen-bond donors (Lipinski definition) is 1. The number of carbonyl (C=O) groups is 2. The summed E-state index contributed by atoms with van der Waals surface area (Å²) < 4.78 is 5.29. The van der Waals surface area contributed by atoms with E-state index in [1.807, 2.05) is 6.07 Å². The third-order valence-corrected chi connectivity index (χ3v) is 5.08. The molecule has 3 rings (SSSR count). The highest BCUT2D eigenvalue weighted by atomic mass is 16.5. The van der Waals surface area contributed by atoms with Gasteiger partial charge in [0.2, 0.25) is 5.91 Å². The predicted molar refractivity (Wildman–Crippen MR) is 100 cm³/mol. The molecule has 0 aromatic heterocycles. The lowest BCUT2D eigenvalue weighted by Gasteiger charge is -2.45. The van der Waals surface area contributed by atoms with Gasteiger partial charge >= 0.3 is 5.97 Å². The van der Waals surface area contributed by atoms with Gasteiger partial charge in [-0.3, -0.25) is 9.59 Å². The van der Waals surface area contributed by atoms with Crippen molar-refractivity contribution >= 4 is 11.9 Å². The Balaban J connectivity index is 2.30. The van der Waals surface area contributed by atoms with Gasteiger partial charge in [-0.05, 0) is 18.1 Å². The average molecular weight is 373 g/mol. The van der Waals surface area contributed by atoms with Crippen molar-refractivity contribution in [2.45, 2.75) is 18.9 Å². The van der Waals surface area contributed by atoms with Crippen molar-refractivity contribution in [2.24, 2.45) is 11.3 Å². The van der Waals surface area contributed by atoms with Gasteiger partial charge in [-0.25, -0.2) is 0 Å². The lowest BCUT2D eigenvalue weighted by molar-refractivity contribution is -0.159. The molecule has 0 saturated carbocycles. The Hall–Kier alpha value is -3.64. The van der Waals surface area contributed by atoms with Crippen LogP contribution in [0.1, 0.15) is 30.0 Å². The lowest BCUT2D eigenvalue weighted by atomic mass is 9.59. The van der Waals surface area contributed by atoms with Crippen molar-refractivity contribution in [3.63, 3.8) is 0 Å². The number of carbonyl (C=O) groups excluding carboxylic acids is 2. The fourth-order valence-corrected chi connectivity index (χ4v) is 3.86. The number of amides is 1. The van der Waals surface area contributed by atoms with Crippen molar-refractivity contribution in [3.8, 4) is 12.1 Å². The fraction of sp³-hybridized carbons (Fsp3) is 0.273. The van der Waals surface area contributed by atoms with Gasteiger partial charge in [0, 0.05) is 5.92 Å². The molecule has 2 aromatic carbocycles. The van der Waals surface area contributed by atoms with E-state index in [0.717, 1.165) is 0 Å². The van der Waals surface area contributed by atoms with Gasteiger partial charge in [0.25, 0.3) is 0 Å². The first-order valence-corrected chi connectivity index (χ1v) is 8.98. The summed E-state index contributed by atoms with van der Waals surface area (Å²) >= 11 is 0. The maximum absolute atomic E-state index is 13.2. The van der Waals surface area contributed by atoms with Gasteiger partial charge in [-0.2, -0.15) is 10.5 Å². The summed E-state index contributed by atoms with van der Waals surface area (Å²) in [7, 11) is 0. The van der Waals surface area contributed by atoms with Crippen molar-refractivity contribution in [1.82, 2.24) is 5.32 Å². The molecule has 1 amide bonds. The third-order valence-electron chi connectivity index (χ3n) is 5.08. The normalized spacial score (nSPS) is 26.4. The summed E-state index contributed by atoms with van der Waals surface area (Å²) in [5.74, 6) is -3.44. The van der Waals surface area contributed by atoms with Crippen molar-refractivity contribution < 1.29 is 14.3 Å². The first-order chi connectivity index (χ1) is 13.6. The first-order valence-electron chi connectivity index (χ1n) is 8.98. The molecule has 1 aliphatic heterocycles. The molecule has 0 radical (unpaired) electrons. The minimum atomic E-state index is -1.78. The van der Waals surface area contributed by atoms with Crippen LogP contribution in [0.4, 0.5) is 0 Å². The topological polar surface area (TPSA) is 103 Å². The van der Waals surface area contributed by atoms with Crippen molar-refractivity contribution in [3.05, 3.63) is 71.8 Å². The third kappa shape index (κ3) is 3.00. The number of nitrogens with zero attached hydrogens (tertiary/aromatic N) is 2. The predicted octanol–water partition coefficient (Wildman–Crippen LogP) is 2.85. The summed E-state index contributed by atoms with van der Waals surface area (Å²) in [6, 6.07) is 20.7. The minimum Gasteiger partial charge on any atom is -0.465 e. The molecule has 0 spiro atoms. The Morgan fingerprint density at radius 2 is 1.64 bits per heavy atom. The zero-order chi connectivity index (χ0) is 20.1. The van der Waals surface area contributed by atoms with Gasteiger partial charge in [0.1, 0.15) is 5.92 Å². The number of nitriles is 2. The Labute approximate surface area is 163 Å². The second kappa shape index (κ2) is 7.94. The number of benzene rings is 2. The van der Waals surface area contributed by atoms with Crippen molar-refractivity contribution in [1.29, 1.82) is 10.5 Å². The van der Waals surface area contributed by atoms with Crippen LogP contribution in [-0.2, 0) is 14.3 Å². The van der Waals surface area contributed by atoms with Crippen molar-refractivity contribution in [2.75, 3.05) is 6.61 Å². The number of ether oxygens (including phenoxy) is 1. The summed E-state index contributed by atoms with van der Waals surface area (Å²) in [6.45, 7) is 1.73. The quantitative estimate of drug-likeness (QED) is 0.830. The molecule has 1 heterocycles. The van der Waals surface area contributed by atoms with E-state index in [0.29, 0.717) is 11.1 Å². The molecule has 28 heavy (non-hydrogen) atoms. The Morgan fingerprint density at radius 3 is 2.14 bits per heavy atom. The van der Waals surface area contributed by atoms with E-state index >= 15 is 0 Å². The maximum Gasteiger partial charge on any atom is 0.329 e. The molecule has 1 fully saturated rings. The molecule has 1 N–H and O–H groups in total. The minimum absolute atomic E-state index is 0.0798. The smallest absolute Gasteiger partial charge is 0.329 e. The van der Waals surface area contributed by atoms with Crippen LogP contribution in [0.15, 0.2) is 60.7 Å². The number of esters is 1. The van der Waals surface area contributed by atoms with Crippen LogP contribution >= 0.6 is 0 Å². The molecule has 6 nitrogen and oxygen atoms in total. The monoisotopic (exact) mass is 373 g/mol.